The summed E-state index contributed by atoms with van der Waals surface area (Å²) in [6.45, 7) is 5.21. The number of nitrogens with two attached hydrogens (primary N) is 1. The Labute approximate surface area is 193 Å². The number of ether oxygens (including phenoxy) is 1. The van der Waals surface area contributed by atoms with Crippen molar-refractivity contribution in [2.75, 3.05) is 25.5 Å². The third-order valence-corrected chi connectivity index (χ3v) is 9.44. The highest BCUT2D eigenvalue weighted by Crippen LogP contribution is 2.50. The maximum Gasteiger partial charge on any atom is 0.154 e. The molecular formula is C26H32N4OS. The molecule has 4 heterocycles. The van der Waals surface area contributed by atoms with Crippen LogP contribution in [-0.4, -0.2) is 36.0 Å². The summed E-state index contributed by atoms with van der Waals surface area (Å²) in [4.78, 5) is 1.47. The number of hydrogen-bond acceptors (Lipinski definition) is 6. The lowest BCUT2D eigenvalue weighted by Crippen LogP contribution is -2.31. The van der Waals surface area contributed by atoms with Gasteiger partial charge in [-0.25, -0.2) is 0 Å². The molecule has 5 nitrogen and oxygen atoms in total. The molecule has 0 radical (unpaired) electrons. The van der Waals surface area contributed by atoms with Crippen molar-refractivity contribution in [2.24, 2.45) is 17.8 Å². The Morgan fingerprint density at radius 3 is 2.84 bits per heavy atom. The van der Waals surface area contributed by atoms with Crippen LogP contribution >= 0.6 is 11.3 Å². The minimum atomic E-state index is 0.553. The van der Waals surface area contributed by atoms with Gasteiger partial charge in [-0.3, -0.25) is 0 Å². The van der Waals surface area contributed by atoms with Crippen LogP contribution in [0.4, 0.5) is 5.82 Å². The third kappa shape index (κ3) is 3.62. The number of anilines is 1. The van der Waals surface area contributed by atoms with Crippen molar-refractivity contribution in [3.8, 4) is 11.3 Å². The van der Waals surface area contributed by atoms with E-state index >= 15 is 0 Å². The fraction of sp³-hybridized carbons (Fsp3) is 0.538. The zero-order chi connectivity index (χ0) is 21.7. The fourth-order valence-electron chi connectivity index (χ4n) is 6.37. The SMILES string of the molecule is Cc1ccccc1-c1nnc(N)c2cc([C@H]3C[C@H]4CNC(CC5CCOCC5)[C@H]4C3)sc12. The molecule has 0 bridgehead atoms. The van der Waals surface area contributed by atoms with Gasteiger partial charge < -0.3 is 15.8 Å². The Kier molecular flexibility index (Phi) is 5.40. The monoisotopic (exact) mass is 448 g/mol. The van der Waals surface area contributed by atoms with Gasteiger partial charge in [-0.1, -0.05) is 24.3 Å². The zero-order valence-corrected chi connectivity index (χ0v) is 19.5. The van der Waals surface area contributed by atoms with Crippen LogP contribution in [0.25, 0.3) is 21.3 Å². The van der Waals surface area contributed by atoms with Crippen LogP contribution in [0.3, 0.4) is 0 Å². The summed E-state index contributed by atoms with van der Waals surface area (Å²) in [6, 6.07) is 11.4. The quantitative estimate of drug-likeness (QED) is 0.578. The third-order valence-electron chi connectivity index (χ3n) is 8.14. The molecule has 6 heteroatoms. The van der Waals surface area contributed by atoms with Gasteiger partial charge in [0.15, 0.2) is 5.82 Å². The van der Waals surface area contributed by atoms with Gasteiger partial charge >= 0.3 is 0 Å². The van der Waals surface area contributed by atoms with Crippen molar-refractivity contribution in [3.63, 3.8) is 0 Å². The zero-order valence-electron chi connectivity index (χ0n) is 18.7. The molecule has 1 saturated carbocycles. The maximum absolute atomic E-state index is 6.28. The second-order valence-corrected chi connectivity index (χ2v) is 11.1. The highest BCUT2D eigenvalue weighted by Gasteiger charge is 2.44. The van der Waals surface area contributed by atoms with E-state index in [4.69, 9.17) is 10.5 Å². The normalized spacial score (nSPS) is 28.4. The fourth-order valence-corrected chi connectivity index (χ4v) is 7.66. The average Bonchev–Trinajstić information content (AvgIpc) is 3.51. The number of nitrogens with zero attached hydrogens (tertiary/aromatic N) is 2. The first kappa shape index (κ1) is 20.6. The number of fused-ring (bicyclic) bond motifs is 2. The van der Waals surface area contributed by atoms with Gasteiger partial charge in [0.1, 0.15) is 5.69 Å². The number of rotatable bonds is 4. The highest BCUT2D eigenvalue weighted by molar-refractivity contribution is 7.19. The van der Waals surface area contributed by atoms with E-state index in [0.717, 1.165) is 47.6 Å². The molecule has 0 spiro atoms. The van der Waals surface area contributed by atoms with Crippen LogP contribution in [0.1, 0.15) is 48.5 Å². The number of benzene rings is 1. The van der Waals surface area contributed by atoms with Crippen LogP contribution in [0, 0.1) is 24.7 Å². The molecule has 32 heavy (non-hydrogen) atoms. The number of aryl methyl sites for hydroxylation is 1. The summed E-state index contributed by atoms with van der Waals surface area (Å²) in [5, 5.41) is 13.8. The Morgan fingerprint density at radius 1 is 1.16 bits per heavy atom. The summed E-state index contributed by atoms with van der Waals surface area (Å²) in [5.41, 5.74) is 9.63. The number of nitrogens with one attached hydrogen (secondary N) is 1. The maximum atomic E-state index is 6.28. The Balaban J connectivity index is 1.27. The molecule has 0 amide bonds. The van der Waals surface area contributed by atoms with Crippen molar-refractivity contribution in [1.29, 1.82) is 0 Å². The van der Waals surface area contributed by atoms with Gasteiger partial charge in [-0.05, 0) is 80.9 Å². The molecule has 1 aromatic carbocycles. The van der Waals surface area contributed by atoms with Gasteiger partial charge in [0.25, 0.3) is 0 Å². The average molecular weight is 449 g/mol. The van der Waals surface area contributed by atoms with Gasteiger partial charge in [0.05, 0.1) is 4.70 Å². The van der Waals surface area contributed by atoms with Gasteiger partial charge in [0.2, 0.25) is 0 Å². The van der Waals surface area contributed by atoms with E-state index in [0.29, 0.717) is 17.8 Å². The van der Waals surface area contributed by atoms with Crippen LogP contribution in [-0.2, 0) is 4.74 Å². The number of hydrogen-bond donors (Lipinski definition) is 2. The van der Waals surface area contributed by atoms with Crippen molar-refractivity contribution < 1.29 is 4.74 Å². The van der Waals surface area contributed by atoms with E-state index < -0.39 is 0 Å². The van der Waals surface area contributed by atoms with E-state index in [1.807, 2.05) is 11.3 Å². The Hall–Kier alpha value is -2.02. The van der Waals surface area contributed by atoms with Crippen LogP contribution in [0.15, 0.2) is 30.3 Å². The molecule has 2 aliphatic heterocycles. The standard InChI is InChI=1S/C26H32N4OS/c1-15-4-2-3-5-19(15)24-25-21(26(27)30-29-24)13-23(32-25)17-11-18-14-28-22(20(18)12-17)10-16-6-8-31-9-7-16/h2-5,13,16-18,20,22,28H,6-12,14H2,1H3,(H2,27,30)/t17-,18-,20-,22?/m0/s1. The molecule has 3 aliphatic rings. The predicted molar refractivity (Wildman–Crippen MR) is 131 cm³/mol. The first-order chi connectivity index (χ1) is 15.7. The first-order valence-corrected chi connectivity index (χ1v) is 12.9. The Bertz CT molecular complexity index is 1120. The summed E-state index contributed by atoms with van der Waals surface area (Å²) >= 11 is 1.89. The highest BCUT2D eigenvalue weighted by atomic mass is 32.1. The van der Waals surface area contributed by atoms with Crippen LogP contribution in [0.2, 0.25) is 0 Å². The number of nitrogen functional groups attached to an aromatic ring is 1. The summed E-state index contributed by atoms with van der Waals surface area (Å²) in [6.07, 6.45) is 6.36. The molecule has 3 fully saturated rings. The molecular weight excluding hydrogens is 416 g/mol. The lowest BCUT2D eigenvalue weighted by Gasteiger charge is -2.27. The second kappa shape index (κ2) is 8.40. The van der Waals surface area contributed by atoms with Crippen molar-refractivity contribution >= 4 is 27.2 Å². The number of aromatic nitrogens is 2. The predicted octanol–water partition coefficient (Wildman–Crippen LogP) is 5.15. The smallest absolute Gasteiger partial charge is 0.154 e. The van der Waals surface area contributed by atoms with E-state index in [1.165, 1.54) is 53.8 Å². The molecule has 168 valence electrons. The second-order valence-electron chi connectivity index (χ2n) is 10.0. The summed E-state index contributed by atoms with van der Waals surface area (Å²) in [7, 11) is 0. The van der Waals surface area contributed by atoms with Crippen molar-refractivity contribution in [2.45, 2.75) is 51.0 Å². The van der Waals surface area contributed by atoms with Crippen molar-refractivity contribution in [1.82, 2.24) is 15.5 Å². The molecule has 6 rings (SSSR count). The van der Waals surface area contributed by atoms with Crippen LogP contribution in [0.5, 0.6) is 0 Å². The van der Waals surface area contributed by atoms with E-state index in [-0.39, 0.29) is 0 Å². The van der Waals surface area contributed by atoms with Crippen LogP contribution < -0.4 is 11.1 Å². The van der Waals surface area contributed by atoms with Gasteiger partial charge in [-0.2, -0.15) is 0 Å². The van der Waals surface area contributed by atoms with E-state index in [9.17, 15) is 0 Å². The molecule has 1 unspecified atom stereocenters. The number of thiophene rings is 1. The van der Waals surface area contributed by atoms with E-state index in [1.54, 1.807) is 0 Å². The minimum absolute atomic E-state index is 0.553. The lowest BCUT2D eigenvalue weighted by atomic mass is 9.85. The van der Waals surface area contributed by atoms with Gasteiger partial charge in [-0.15, -0.1) is 21.5 Å². The first-order valence-electron chi connectivity index (χ1n) is 12.1. The molecule has 3 aromatic rings. The minimum Gasteiger partial charge on any atom is -0.382 e. The molecule has 2 saturated heterocycles. The topological polar surface area (TPSA) is 73.1 Å². The Morgan fingerprint density at radius 2 is 2.00 bits per heavy atom. The molecule has 1 aliphatic carbocycles. The molecule has 3 N–H and O–H groups in total. The van der Waals surface area contributed by atoms with E-state index in [2.05, 4.69) is 52.8 Å². The largest absolute Gasteiger partial charge is 0.382 e. The lowest BCUT2D eigenvalue weighted by molar-refractivity contribution is 0.0593. The summed E-state index contributed by atoms with van der Waals surface area (Å²) in [5.74, 6) is 3.62. The summed E-state index contributed by atoms with van der Waals surface area (Å²) < 4.78 is 6.76. The van der Waals surface area contributed by atoms with Gasteiger partial charge in [0, 0.05) is 35.1 Å². The molecule has 2 aromatic heterocycles. The van der Waals surface area contributed by atoms with Crippen molar-refractivity contribution in [3.05, 3.63) is 40.8 Å². The molecule has 4 atom stereocenters.